The first-order valence-corrected chi connectivity index (χ1v) is 6.62. The molecule has 16 heavy (non-hydrogen) atoms. The van der Waals surface area contributed by atoms with Crippen LogP contribution < -0.4 is 10.6 Å². The zero-order valence-corrected chi connectivity index (χ0v) is 11.3. The second kappa shape index (κ2) is 9.64. The van der Waals surface area contributed by atoms with E-state index in [4.69, 9.17) is 0 Å². The van der Waals surface area contributed by atoms with Crippen molar-refractivity contribution in [3.05, 3.63) is 0 Å². The minimum absolute atomic E-state index is 0.0635. The van der Waals surface area contributed by atoms with E-state index in [0.717, 1.165) is 19.5 Å². The molecule has 3 heteroatoms. The zero-order valence-electron chi connectivity index (χ0n) is 11.3. The van der Waals surface area contributed by atoms with Gasteiger partial charge < -0.3 is 10.6 Å². The summed E-state index contributed by atoms with van der Waals surface area (Å²) >= 11 is 0. The number of hydrogen-bond donors (Lipinski definition) is 2. The molecule has 0 fully saturated rings. The van der Waals surface area contributed by atoms with E-state index in [-0.39, 0.29) is 11.8 Å². The number of rotatable bonds is 9. The van der Waals surface area contributed by atoms with Gasteiger partial charge in [0.2, 0.25) is 5.91 Å². The van der Waals surface area contributed by atoms with Crippen molar-refractivity contribution in [2.45, 2.75) is 59.4 Å². The number of unbranched alkanes of at least 4 members (excludes halogenated alkanes) is 2. The zero-order chi connectivity index (χ0) is 12.4. The SMILES string of the molecule is CCCCCC(C)NC(=O)C(C)CNCC. The number of nitrogens with one attached hydrogen (secondary N) is 2. The first-order valence-electron chi connectivity index (χ1n) is 6.62. The van der Waals surface area contributed by atoms with Crippen LogP contribution in [0.3, 0.4) is 0 Å². The topological polar surface area (TPSA) is 41.1 Å². The van der Waals surface area contributed by atoms with E-state index in [9.17, 15) is 4.79 Å². The standard InChI is InChI=1S/C13H28N2O/c1-5-7-8-9-12(4)15-13(16)11(3)10-14-6-2/h11-12,14H,5-10H2,1-4H3,(H,15,16). The predicted octanol–water partition coefficient (Wildman–Crippen LogP) is 2.32. The molecule has 96 valence electrons. The van der Waals surface area contributed by atoms with E-state index in [2.05, 4.69) is 31.4 Å². The van der Waals surface area contributed by atoms with Crippen molar-refractivity contribution >= 4 is 5.91 Å². The quantitative estimate of drug-likeness (QED) is 0.595. The molecule has 1 amide bonds. The number of carbonyl (C=O) groups is 1. The second-order valence-corrected chi connectivity index (χ2v) is 4.61. The summed E-state index contributed by atoms with van der Waals surface area (Å²) in [6, 6.07) is 0.308. The minimum Gasteiger partial charge on any atom is -0.353 e. The fourth-order valence-electron chi connectivity index (χ4n) is 1.61. The third-order valence-electron chi connectivity index (χ3n) is 2.78. The average Bonchev–Trinajstić information content (AvgIpc) is 2.26. The van der Waals surface area contributed by atoms with E-state index in [1.807, 2.05) is 6.92 Å². The molecule has 0 aromatic rings. The summed E-state index contributed by atoms with van der Waals surface area (Å²) in [7, 11) is 0. The predicted molar refractivity (Wildman–Crippen MR) is 69.5 cm³/mol. The summed E-state index contributed by atoms with van der Waals surface area (Å²) < 4.78 is 0. The van der Waals surface area contributed by atoms with E-state index in [1.54, 1.807) is 0 Å². The normalized spacial score (nSPS) is 14.5. The van der Waals surface area contributed by atoms with E-state index >= 15 is 0 Å². The van der Waals surface area contributed by atoms with Crippen LogP contribution in [0.15, 0.2) is 0 Å². The lowest BCUT2D eigenvalue weighted by atomic mass is 10.1. The molecular formula is C13H28N2O. The molecule has 0 aliphatic heterocycles. The first-order chi connectivity index (χ1) is 7.61. The molecule has 0 saturated heterocycles. The number of amides is 1. The van der Waals surface area contributed by atoms with Crippen LogP contribution >= 0.6 is 0 Å². The van der Waals surface area contributed by atoms with Crippen LogP contribution in [0, 0.1) is 5.92 Å². The van der Waals surface area contributed by atoms with Crippen LogP contribution in [0.4, 0.5) is 0 Å². The molecule has 0 spiro atoms. The van der Waals surface area contributed by atoms with Gasteiger partial charge in [-0.1, -0.05) is 40.0 Å². The Hall–Kier alpha value is -0.570. The first kappa shape index (κ1) is 15.4. The molecule has 0 bridgehead atoms. The van der Waals surface area contributed by atoms with Gasteiger partial charge in [-0.15, -0.1) is 0 Å². The lowest BCUT2D eigenvalue weighted by Gasteiger charge is -2.17. The molecule has 0 aliphatic rings. The van der Waals surface area contributed by atoms with Crippen LogP contribution in [-0.2, 0) is 4.79 Å². The van der Waals surface area contributed by atoms with Gasteiger partial charge in [0, 0.05) is 18.5 Å². The van der Waals surface area contributed by atoms with Crippen molar-refractivity contribution in [2.24, 2.45) is 5.92 Å². The van der Waals surface area contributed by atoms with Gasteiger partial charge in [-0.3, -0.25) is 4.79 Å². The lowest BCUT2D eigenvalue weighted by molar-refractivity contribution is -0.125. The van der Waals surface area contributed by atoms with Crippen LogP contribution in [0.1, 0.15) is 53.4 Å². The molecular weight excluding hydrogens is 200 g/mol. The summed E-state index contributed by atoms with van der Waals surface area (Å²) in [4.78, 5) is 11.7. The summed E-state index contributed by atoms with van der Waals surface area (Å²) in [6.07, 6.45) is 4.79. The average molecular weight is 228 g/mol. The maximum Gasteiger partial charge on any atom is 0.224 e. The Kier molecular flexibility index (Phi) is 9.30. The molecule has 0 aromatic heterocycles. The van der Waals surface area contributed by atoms with Crippen LogP contribution in [-0.4, -0.2) is 25.0 Å². The van der Waals surface area contributed by atoms with Gasteiger partial charge >= 0.3 is 0 Å². The van der Waals surface area contributed by atoms with Crippen molar-refractivity contribution in [3.8, 4) is 0 Å². The molecule has 0 aliphatic carbocycles. The van der Waals surface area contributed by atoms with Crippen LogP contribution in [0.5, 0.6) is 0 Å². The van der Waals surface area contributed by atoms with E-state index < -0.39 is 0 Å². The van der Waals surface area contributed by atoms with E-state index in [0.29, 0.717) is 6.04 Å². The minimum atomic E-state index is 0.0635. The number of hydrogen-bond acceptors (Lipinski definition) is 2. The van der Waals surface area contributed by atoms with Crippen LogP contribution in [0.2, 0.25) is 0 Å². The highest BCUT2D eigenvalue weighted by atomic mass is 16.1. The molecule has 2 unspecified atom stereocenters. The van der Waals surface area contributed by atoms with Gasteiger partial charge in [0.1, 0.15) is 0 Å². The molecule has 0 saturated carbocycles. The maximum absolute atomic E-state index is 11.7. The Morgan fingerprint density at radius 2 is 1.88 bits per heavy atom. The van der Waals surface area contributed by atoms with Gasteiger partial charge in [0.05, 0.1) is 0 Å². The Bertz CT molecular complexity index is 183. The van der Waals surface area contributed by atoms with Crippen LogP contribution in [0.25, 0.3) is 0 Å². The molecule has 0 radical (unpaired) electrons. The third kappa shape index (κ3) is 7.69. The smallest absolute Gasteiger partial charge is 0.224 e. The molecule has 3 nitrogen and oxygen atoms in total. The largest absolute Gasteiger partial charge is 0.353 e. The third-order valence-corrected chi connectivity index (χ3v) is 2.78. The Labute approximate surface area is 100 Å². The highest BCUT2D eigenvalue weighted by molar-refractivity contribution is 5.78. The molecule has 2 N–H and O–H groups in total. The van der Waals surface area contributed by atoms with Crippen molar-refractivity contribution < 1.29 is 4.79 Å². The monoisotopic (exact) mass is 228 g/mol. The Morgan fingerprint density at radius 3 is 2.44 bits per heavy atom. The van der Waals surface area contributed by atoms with Crippen molar-refractivity contribution in [3.63, 3.8) is 0 Å². The fourth-order valence-corrected chi connectivity index (χ4v) is 1.61. The highest BCUT2D eigenvalue weighted by Gasteiger charge is 2.14. The maximum atomic E-state index is 11.7. The summed E-state index contributed by atoms with van der Waals surface area (Å²) in [5.41, 5.74) is 0. The van der Waals surface area contributed by atoms with Gasteiger partial charge in [-0.25, -0.2) is 0 Å². The molecule has 2 atom stereocenters. The summed E-state index contributed by atoms with van der Waals surface area (Å²) in [5, 5.41) is 6.26. The Balaban J connectivity index is 3.67. The lowest BCUT2D eigenvalue weighted by Crippen LogP contribution is -2.39. The van der Waals surface area contributed by atoms with Gasteiger partial charge in [0.15, 0.2) is 0 Å². The fraction of sp³-hybridized carbons (Fsp3) is 0.923. The molecule has 0 aromatic carbocycles. The van der Waals surface area contributed by atoms with E-state index in [1.165, 1.54) is 19.3 Å². The van der Waals surface area contributed by atoms with Crippen molar-refractivity contribution in [1.82, 2.24) is 10.6 Å². The summed E-state index contributed by atoms with van der Waals surface area (Å²) in [5.74, 6) is 0.235. The number of carbonyl (C=O) groups excluding carboxylic acids is 1. The molecule has 0 heterocycles. The highest BCUT2D eigenvalue weighted by Crippen LogP contribution is 2.04. The Morgan fingerprint density at radius 1 is 1.19 bits per heavy atom. The molecule has 0 rings (SSSR count). The van der Waals surface area contributed by atoms with Gasteiger partial charge in [-0.05, 0) is 19.9 Å². The second-order valence-electron chi connectivity index (χ2n) is 4.61. The van der Waals surface area contributed by atoms with Gasteiger partial charge in [0.25, 0.3) is 0 Å². The van der Waals surface area contributed by atoms with Crippen molar-refractivity contribution in [2.75, 3.05) is 13.1 Å². The summed E-state index contributed by atoms with van der Waals surface area (Å²) in [6.45, 7) is 10.00. The van der Waals surface area contributed by atoms with Gasteiger partial charge in [-0.2, -0.15) is 0 Å². The van der Waals surface area contributed by atoms with Crippen molar-refractivity contribution in [1.29, 1.82) is 0 Å².